The average Bonchev–Trinajstić information content (AvgIpc) is 2.40. The van der Waals surface area contributed by atoms with Gasteiger partial charge in [0, 0.05) is 6.54 Å². The van der Waals surface area contributed by atoms with Gasteiger partial charge in [-0.2, -0.15) is 0 Å². The summed E-state index contributed by atoms with van der Waals surface area (Å²) < 4.78 is 12.7. The summed E-state index contributed by atoms with van der Waals surface area (Å²) in [5.41, 5.74) is -1.12. The molecule has 1 amide bonds. The number of aromatic amines is 1. The maximum absolute atomic E-state index is 12.7. The molecule has 19 heavy (non-hydrogen) atoms. The number of hydrogen-bond acceptors (Lipinski definition) is 4. The van der Waals surface area contributed by atoms with Crippen LogP contribution in [0.1, 0.15) is 23.8 Å². The summed E-state index contributed by atoms with van der Waals surface area (Å²) in [6, 6.07) is 0. The van der Waals surface area contributed by atoms with Crippen molar-refractivity contribution in [3.05, 3.63) is 46.4 Å². The molecule has 6 nitrogen and oxygen atoms in total. The number of nitrogens with one attached hydrogen (secondary N) is 2. The number of nitrogens with zero attached hydrogens (tertiary/aromatic N) is 1. The predicted octanol–water partition coefficient (Wildman–Crippen LogP) is 1.02. The maximum atomic E-state index is 12.7. The van der Waals surface area contributed by atoms with Crippen molar-refractivity contribution in [3.63, 3.8) is 0 Å². The summed E-state index contributed by atoms with van der Waals surface area (Å²) >= 11 is 0. The first-order valence-electron chi connectivity index (χ1n) is 5.59. The minimum atomic E-state index is -0.782. The Balaban J connectivity index is 2.51. The van der Waals surface area contributed by atoms with E-state index < -0.39 is 17.2 Å². The van der Waals surface area contributed by atoms with Crippen molar-refractivity contribution < 1.29 is 14.3 Å². The van der Waals surface area contributed by atoms with E-state index in [1.54, 1.807) is 13.0 Å². The average molecular weight is 267 g/mol. The molecule has 0 radical (unpaired) electrons. The maximum Gasteiger partial charge on any atom is 0.293 e. The number of hydrogen-bond donors (Lipinski definition) is 3. The molecular formula is C12H14FN3O3. The molecule has 0 bridgehead atoms. The summed E-state index contributed by atoms with van der Waals surface area (Å²) in [4.78, 5) is 28.3. The largest absolute Gasteiger partial charge is 0.501 e. The first kappa shape index (κ1) is 14.6. The first-order valence-corrected chi connectivity index (χ1v) is 5.59. The Kier molecular flexibility index (Phi) is 5.46. The second kappa shape index (κ2) is 7.10. The van der Waals surface area contributed by atoms with E-state index in [-0.39, 0.29) is 18.1 Å². The first-order chi connectivity index (χ1) is 9.06. The molecule has 1 heterocycles. The van der Waals surface area contributed by atoms with E-state index >= 15 is 0 Å². The highest BCUT2D eigenvalue weighted by atomic mass is 19.1. The highest BCUT2D eigenvalue weighted by molar-refractivity contribution is 5.94. The Labute approximate surface area is 108 Å². The van der Waals surface area contributed by atoms with E-state index in [4.69, 9.17) is 0 Å². The topological polar surface area (TPSA) is 95.1 Å². The van der Waals surface area contributed by atoms with Gasteiger partial charge in [-0.15, -0.1) is 0 Å². The van der Waals surface area contributed by atoms with Crippen molar-refractivity contribution in [3.8, 4) is 5.75 Å². The molecule has 1 rings (SSSR count). The van der Waals surface area contributed by atoms with Crippen LogP contribution < -0.4 is 10.9 Å². The van der Waals surface area contributed by atoms with Crippen molar-refractivity contribution in [2.75, 3.05) is 6.54 Å². The number of rotatable bonds is 5. The van der Waals surface area contributed by atoms with Gasteiger partial charge in [0.05, 0.1) is 6.33 Å². The Morgan fingerprint density at radius 3 is 3.05 bits per heavy atom. The van der Waals surface area contributed by atoms with Crippen LogP contribution in [0, 0.1) is 0 Å². The number of allylic oxidation sites excluding steroid dienone is 3. The van der Waals surface area contributed by atoms with E-state index in [0.29, 0.717) is 6.42 Å². The Bertz CT molecular complexity index is 564. The van der Waals surface area contributed by atoms with Gasteiger partial charge in [-0.05, 0) is 19.4 Å². The number of carbonyl (C=O) groups is 1. The van der Waals surface area contributed by atoms with Gasteiger partial charge in [-0.3, -0.25) is 9.59 Å². The lowest BCUT2D eigenvalue weighted by Crippen LogP contribution is -2.27. The molecule has 7 heteroatoms. The summed E-state index contributed by atoms with van der Waals surface area (Å²) in [5.74, 6) is -1.75. The van der Waals surface area contributed by atoms with Gasteiger partial charge in [0.2, 0.25) is 5.75 Å². The molecule has 0 aliphatic heterocycles. The normalized spacial score (nSPS) is 11.8. The van der Waals surface area contributed by atoms with E-state index in [1.807, 2.05) is 0 Å². The molecule has 0 fully saturated rings. The van der Waals surface area contributed by atoms with E-state index in [9.17, 15) is 19.1 Å². The van der Waals surface area contributed by atoms with Gasteiger partial charge in [0.25, 0.3) is 11.5 Å². The molecule has 0 aliphatic rings. The number of aromatic hydroxyl groups is 1. The Hall–Kier alpha value is -2.44. The molecule has 1 aromatic heterocycles. The van der Waals surface area contributed by atoms with Crippen LogP contribution in [0.4, 0.5) is 4.39 Å². The van der Waals surface area contributed by atoms with Gasteiger partial charge >= 0.3 is 0 Å². The number of H-pyrrole nitrogens is 1. The van der Waals surface area contributed by atoms with E-state index in [2.05, 4.69) is 15.3 Å². The van der Waals surface area contributed by atoms with Gasteiger partial charge < -0.3 is 15.4 Å². The van der Waals surface area contributed by atoms with Crippen molar-refractivity contribution in [2.24, 2.45) is 0 Å². The highest BCUT2D eigenvalue weighted by Crippen LogP contribution is 2.05. The minimum absolute atomic E-state index is 0.236. The third-order valence-corrected chi connectivity index (χ3v) is 2.19. The minimum Gasteiger partial charge on any atom is -0.501 e. The number of carbonyl (C=O) groups excluding carboxylic acids is 1. The summed E-state index contributed by atoms with van der Waals surface area (Å²) in [7, 11) is 0. The summed E-state index contributed by atoms with van der Waals surface area (Å²) in [5, 5.41) is 11.8. The Morgan fingerprint density at radius 1 is 1.63 bits per heavy atom. The molecule has 0 spiro atoms. The van der Waals surface area contributed by atoms with Crippen molar-refractivity contribution >= 4 is 5.91 Å². The van der Waals surface area contributed by atoms with Crippen LogP contribution in [0.3, 0.4) is 0 Å². The van der Waals surface area contributed by atoms with Gasteiger partial charge in [-0.1, -0.05) is 12.2 Å². The highest BCUT2D eigenvalue weighted by Gasteiger charge is 2.14. The van der Waals surface area contributed by atoms with Crippen molar-refractivity contribution in [2.45, 2.75) is 13.3 Å². The number of halogens is 1. The molecule has 0 unspecified atom stereocenters. The summed E-state index contributed by atoms with van der Waals surface area (Å²) in [6.07, 6.45) is 5.60. The van der Waals surface area contributed by atoms with Crippen molar-refractivity contribution in [1.82, 2.24) is 15.3 Å². The van der Waals surface area contributed by atoms with E-state index in [1.165, 1.54) is 12.2 Å². The zero-order valence-electron chi connectivity index (χ0n) is 10.3. The zero-order valence-corrected chi connectivity index (χ0v) is 10.3. The lowest BCUT2D eigenvalue weighted by molar-refractivity contribution is 0.0946. The molecule has 102 valence electrons. The Morgan fingerprint density at radius 2 is 2.37 bits per heavy atom. The van der Waals surface area contributed by atoms with Gasteiger partial charge in [0.15, 0.2) is 5.69 Å². The molecule has 0 aliphatic carbocycles. The zero-order chi connectivity index (χ0) is 14.3. The molecule has 0 saturated heterocycles. The fraction of sp³-hybridized carbons (Fsp3) is 0.250. The van der Waals surface area contributed by atoms with Crippen molar-refractivity contribution in [1.29, 1.82) is 0 Å². The van der Waals surface area contributed by atoms with Crippen LogP contribution in [-0.2, 0) is 0 Å². The second-order valence-electron chi connectivity index (χ2n) is 3.55. The van der Waals surface area contributed by atoms with Crippen LogP contribution in [0.15, 0.2) is 35.2 Å². The summed E-state index contributed by atoms with van der Waals surface area (Å²) in [6.45, 7) is 1.81. The van der Waals surface area contributed by atoms with Crippen LogP contribution in [0.2, 0.25) is 0 Å². The smallest absolute Gasteiger partial charge is 0.293 e. The second-order valence-corrected chi connectivity index (χ2v) is 3.55. The fourth-order valence-corrected chi connectivity index (χ4v) is 1.20. The molecule has 1 aromatic rings. The van der Waals surface area contributed by atoms with Crippen LogP contribution >= 0.6 is 0 Å². The molecule has 3 N–H and O–H groups in total. The SMILES string of the molecule is C/C=C(F)\C=C/CCNC(=O)c1nc[nH]c(=O)c1O. The number of amides is 1. The van der Waals surface area contributed by atoms with Crippen LogP contribution in [0.5, 0.6) is 5.75 Å². The van der Waals surface area contributed by atoms with Gasteiger partial charge in [0.1, 0.15) is 5.83 Å². The van der Waals surface area contributed by atoms with Crippen LogP contribution in [0.25, 0.3) is 0 Å². The predicted molar refractivity (Wildman–Crippen MR) is 67.5 cm³/mol. The standard InChI is InChI=1S/C12H14FN3O3/c1-2-8(13)5-3-4-6-14-11(18)9-10(17)12(19)16-7-15-9/h2-3,5,7,17H,4,6H2,1H3,(H,14,18)(H,15,16,19)/b5-3-,8-2+. The molecule has 0 saturated carbocycles. The number of aromatic nitrogens is 2. The quantitative estimate of drug-likeness (QED) is 0.548. The monoisotopic (exact) mass is 267 g/mol. The van der Waals surface area contributed by atoms with E-state index in [0.717, 1.165) is 6.33 Å². The van der Waals surface area contributed by atoms with Gasteiger partial charge in [-0.25, -0.2) is 9.37 Å². The molecule has 0 aromatic carbocycles. The fourth-order valence-electron chi connectivity index (χ4n) is 1.20. The molecular weight excluding hydrogens is 253 g/mol. The van der Waals surface area contributed by atoms with Crippen LogP contribution in [-0.4, -0.2) is 27.5 Å². The lowest BCUT2D eigenvalue weighted by atomic mass is 10.3. The molecule has 0 atom stereocenters. The lowest BCUT2D eigenvalue weighted by Gasteiger charge is -2.03. The third kappa shape index (κ3) is 4.38. The third-order valence-electron chi connectivity index (χ3n) is 2.19.